The van der Waals surface area contributed by atoms with Crippen molar-refractivity contribution in [2.24, 2.45) is 5.84 Å². The quantitative estimate of drug-likeness (QED) is 0.491. The average molecular weight is 285 g/mol. The normalized spacial score (nSPS) is 28.3. The second-order valence-electron chi connectivity index (χ2n) is 3.94. The van der Waals surface area contributed by atoms with Crippen molar-refractivity contribution in [3.8, 4) is 0 Å². The van der Waals surface area contributed by atoms with E-state index in [-0.39, 0.29) is 12.0 Å². The van der Waals surface area contributed by atoms with Crippen LogP contribution >= 0.6 is 15.9 Å². The van der Waals surface area contributed by atoms with E-state index in [0.717, 1.165) is 10.0 Å². The number of carbonyl (C=O) groups excluding carboxylic acids is 1. The summed E-state index contributed by atoms with van der Waals surface area (Å²) in [7, 11) is 0. The maximum absolute atomic E-state index is 11.8. The fourth-order valence-corrected chi connectivity index (χ4v) is 2.46. The first-order valence-electron chi connectivity index (χ1n) is 5.03. The molecule has 0 spiro atoms. The number of ether oxygens (including phenoxy) is 1. The molecule has 0 radical (unpaired) electrons. The predicted molar refractivity (Wildman–Crippen MR) is 63.3 cm³/mol. The molecule has 1 aromatic rings. The van der Waals surface area contributed by atoms with Crippen molar-refractivity contribution >= 4 is 21.8 Å². The molecular formula is C11H13BrN2O2. The molecule has 4 nitrogen and oxygen atoms in total. The van der Waals surface area contributed by atoms with Gasteiger partial charge in [-0.3, -0.25) is 10.2 Å². The van der Waals surface area contributed by atoms with Crippen LogP contribution in [0.3, 0.4) is 0 Å². The van der Waals surface area contributed by atoms with Crippen LogP contribution in [0.2, 0.25) is 0 Å². The lowest BCUT2D eigenvalue weighted by molar-refractivity contribution is -0.208. The van der Waals surface area contributed by atoms with E-state index in [1.807, 2.05) is 31.2 Å². The summed E-state index contributed by atoms with van der Waals surface area (Å²) >= 11 is 3.38. The van der Waals surface area contributed by atoms with Crippen LogP contribution in [0.1, 0.15) is 18.9 Å². The fourth-order valence-electron chi connectivity index (χ4n) is 2.06. The van der Waals surface area contributed by atoms with Crippen molar-refractivity contribution in [3.63, 3.8) is 0 Å². The third-order valence-electron chi connectivity index (χ3n) is 2.77. The molecule has 86 valence electrons. The SMILES string of the molecule is CC1CC(C(=O)NN)(c2cccc(Br)c2)O1. The van der Waals surface area contributed by atoms with Crippen molar-refractivity contribution < 1.29 is 9.53 Å². The Kier molecular flexibility index (Phi) is 3.01. The Morgan fingerprint density at radius 3 is 2.88 bits per heavy atom. The van der Waals surface area contributed by atoms with Crippen molar-refractivity contribution in [3.05, 3.63) is 34.3 Å². The van der Waals surface area contributed by atoms with Crippen LogP contribution in [0, 0.1) is 0 Å². The Balaban J connectivity index is 2.37. The highest BCUT2D eigenvalue weighted by Gasteiger charge is 2.51. The van der Waals surface area contributed by atoms with Gasteiger partial charge in [-0.15, -0.1) is 0 Å². The van der Waals surface area contributed by atoms with Crippen molar-refractivity contribution in [1.29, 1.82) is 0 Å². The summed E-state index contributed by atoms with van der Waals surface area (Å²) < 4.78 is 6.52. The molecular weight excluding hydrogens is 272 g/mol. The molecule has 0 saturated carbocycles. The highest BCUT2D eigenvalue weighted by atomic mass is 79.9. The van der Waals surface area contributed by atoms with Gasteiger partial charge in [-0.1, -0.05) is 28.1 Å². The Morgan fingerprint density at radius 2 is 2.38 bits per heavy atom. The van der Waals surface area contributed by atoms with E-state index in [9.17, 15) is 4.79 Å². The van der Waals surface area contributed by atoms with Crippen LogP contribution in [0.25, 0.3) is 0 Å². The topological polar surface area (TPSA) is 64.4 Å². The highest BCUT2D eigenvalue weighted by Crippen LogP contribution is 2.42. The molecule has 1 fully saturated rings. The van der Waals surface area contributed by atoms with E-state index in [1.54, 1.807) is 0 Å². The molecule has 16 heavy (non-hydrogen) atoms. The minimum atomic E-state index is -0.919. The molecule has 5 heteroatoms. The average Bonchev–Trinajstić information content (AvgIpc) is 2.23. The van der Waals surface area contributed by atoms with E-state index in [1.165, 1.54) is 0 Å². The van der Waals surface area contributed by atoms with Gasteiger partial charge in [-0.05, 0) is 24.6 Å². The minimum absolute atomic E-state index is 0.0799. The van der Waals surface area contributed by atoms with Gasteiger partial charge in [0.2, 0.25) is 0 Å². The number of nitrogens with one attached hydrogen (secondary N) is 1. The second kappa shape index (κ2) is 4.16. The number of carbonyl (C=O) groups is 1. The zero-order valence-electron chi connectivity index (χ0n) is 8.87. The van der Waals surface area contributed by atoms with Gasteiger partial charge in [0.25, 0.3) is 5.91 Å². The first-order chi connectivity index (χ1) is 7.58. The number of rotatable bonds is 2. The second-order valence-corrected chi connectivity index (χ2v) is 4.86. The van der Waals surface area contributed by atoms with Crippen molar-refractivity contribution in [2.45, 2.75) is 25.0 Å². The molecule has 1 amide bonds. The summed E-state index contributed by atoms with van der Waals surface area (Å²) in [5, 5.41) is 0. The third-order valence-corrected chi connectivity index (χ3v) is 3.26. The van der Waals surface area contributed by atoms with Crippen LogP contribution in [0.15, 0.2) is 28.7 Å². The molecule has 1 heterocycles. The van der Waals surface area contributed by atoms with Gasteiger partial charge in [0.15, 0.2) is 5.60 Å². The van der Waals surface area contributed by atoms with E-state index in [2.05, 4.69) is 21.4 Å². The Hall–Kier alpha value is -0.910. The van der Waals surface area contributed by atoms with E-state index < -0.39 is 5.60 Å². The number of nitrogens with two attached hydrogens (primary N) is 1. The molecule has 0 aromatic heterocycles. The molecule has 1 aliphatic rings. The van der Waals surface area contributed by atoms with Crippen LogP contribution in [0.5, 0.6) is 0 Å². The first kappa shape index (κ1) is 11.6. The summed E-state index contributed by atoms with van der Waals surface area (Å²) in [6, 6.07) is 7.52. The molecule has 3 N–H and O–H groups in total. The number of benzene rings is 1. The summed E-state index contributed by atoms with van der Waals surface area (Å²) in [6.45, 7) is 1.93. The molecule has 2 atom stereocenters. The zero-order valence-corrected chi connectivity index (χ0v) is 10.5. The Labute approximate surface area is 102 Å². The minimum Gasteiger partial charge on any atom is -0.357 e. The molecule has 2 rings (SSSR count). The van der Waals surface area contributed by atoms with E-state index >= 15 is 0 Å². The smallest absolute Gasteiger partial charge is 0.270 e. The van der Waals surface area contributed by atoms with Gasteiger partial charge < -0.3 is 4.74 Å². The molecule has 0 aliphatic carbocycles. The summed E-state index contributed by atoms with van der Waals surface area (Å²) in [5.74, 6) is 4.90. The number of hydrogen-bond donors (Lipinski definition) is 2. The van der Waals surface area contributed by atoms with Gasteiger partial charge in [-0.2, -0.15) is 0 Å². The lowest BCUT2D eigenvalue weighted by atomic mass is 9.82. The molecule has 1 aliphatic heterocycles. The van der Waals surface area contributed by atoms with Crippen LogP contribution in [0.4, 0.5) is 0 Å². The lowest BCUT2D eigenvalue weighted by Gasteiger charge is -2.45. The highest BCUT2D eigenvalue weighted by molar-refractivity contribution is 9.10. The summed E-state index contributed by atoms with van der Waals surface area (Å²) in [6.07, 6.45) is 0.725. The number of amides is 1. The van der Waals surface area contributed by atoms with Gasteiger partial charge >= 0.3 is 0 Å². The summed E-state index contributed by atoms with van der Waals surface area (Å²) in [5.41, 5.74) is 2.07. The maximum Gasteiger partial charge on any atom is 0.270 e. The zero-order chi connectivity index (χ0) is 11.8. The van der Waals surface area contributed by atoms with Gasteiger partial charge in [0, 0.05) is 10.9 Å². The van der Waals surface area contributed by atoms with Gasteiger partial charge in [0.05, 0.1) is 6.10 Å². The molecule has 1 saturated heterocycles. The molecule has 0 bridgehead atoms. The Morgan fingerprint density at radius 1 is 1.69 bits per heavy atom. The fraction of sp³-hybridized carbons (Fsp3) is 0.364. The summed E-state index contributed by atoms with van der Waals surface area (Å²) in [4.78, 5) is 11.8. The number of hydrogen-bond acceptors (Lipinski definition) is 3. The van der Waals surface area contributed by atoms with Crippen molar-refractivity contribution in [1.82, 2.24) is 5.43 Å². The van der Waals surface area contributed by atoms with Gasteiger partial charge in [-0.25, -0.2) is 5.84 Å². The lowest BCUT2D eigenvalue weighted by Crippen LogP contribution is -2.58. The molecule has 1 aromatic carbocycles. The standard InChI is InChI=1S/C11H13BrN2O2/c1-7-6-11(16-7,10(15)14-13)8-3-2-4-9(12)5-8/h2-5,7H,6,13H2,1H3,(H,14,15). The molecule has 2 unspecified atom stereocenters. The third kappa shape index (κ3) is 1.75. The number of hydrazine groups is 1. The monoisotopic (exact) mass is 284 g/mol. The number of halogens is 1. The predicted octanol–water partition coefficient (Wildman–Crippen LogP) is 1.44. The van der Waals surface area contributed by atoms with Crippen LogP contribution in [-0.2, 0) is 15.1 Å². The maximum atomic E-state index is 11.8. The van der Waals surface area contributed by atoms with Crippen LogP contribution < -0.4 is 11.3 Å². The first-order valence-corrected chi connectivity index (χ1v) is 5.83. The largest absolute Gasteiger partial charge is 0.357 e. The van der Waals surface area contributed by atoms with E-state index in [4.69, 9.17) is 10.6 Å². The van der Waals surface area contributed by atoms with Crippen molar-refractivity contribution in [2.75, 3.05) is 0 Å². The van der Waals surface area contributed by atoms with E-state index in [0.29, 0.717) is 6.42 Å². The Bertz CT molecular complexity index is 416. The van der Waals surface area contributed by atoms with Gasteiger partial charge in [0.1, 0.15) is 0 Å². The van der Waals surface area contributed by atoms with Crippen LogP contribution in [-0.4, -0.2) is 12.0 Å².